The summed E-state index contributed by atoms with van der Waals surface area (Å²) in [5.41, 5.74) is 4.02. The number of aryl methyl sites for hydroxylation is 2. The van der Waals surface area contributed by atoms with Crippen LogP contribution in [0.3, 0.4) is 0 Å². The molecule has 0 aliphatic carbocycles. The molecule has 1 aromatic heterocycles. The predicted octanol–water partition coefficient (Wildman–Crippen LogP) is 4.45. The number of rotatable bonds is 7. The summed E-state index contributed by atoms with van der Waals surface area (Å²) in [6, 6.07) is 5.98. The molecule has 1 N–H and O–H groups in total. The molecule has 1 amide bonds. The molecule has 1 aliphatic rings. The van der Waals surface area contributed by atoms with Gasteiger partial charge in [0.25, 0.3) is 0 Å². The highest BCUT2D eigenvalue weighted by Crippen LogP contribution is 2.29. The fraction of sp³-hybridized carbons (Fsp3) is 0.542. The van der Waals surface area contributed by atoms with Crippen LogP contribution in [0.5, 0.6) is 0 Å². The molecule has 0 spiro atoms. The van der Waals surface area contributed by atoms with Crippen molar-refractivity contribution in [3.63, 3.8) is 0 Å². The van der Waals surface area contributed by atoms with Crippen molar-refractivity contribution in [2.24, 2.45) is 0 Å². The van der Waals surface area contributed by atoms with E-state index in [2.05, 4.69) is 47.8 Å². The van der Waals surface area contributed by atoms with Crippen molar-refractivity contribution < 1.29 is 4.79 Å². The summed E-state index contributed by atoms with van der Waals surface area (Å²) in [7, 11) is 0. The number of benzene rings is 1. The molecule has 2 aromatic rings. The molecule has 0 unspecified atom stereocenters. The number of anilines is 2. The van der Waals surface area contributed by atoms with Crippen LogP contribution in [0.4, 0.5) is 11.5 Å². The van der Waals surface area contributed by atoms with Crippen LogP contribution in [0.1, 0.15) is 56.3 Å². The second-order valence-corrected chi connectivity index (χ2v) is 8.87. The summed E-state index contributed by atoms with van der Waals surface area (Å²) in [4.78, 5) is 26.6. The maximum atomic E-state index is 12.8. The highest BCUT2D eigenvalue weighted by molar-refractivity contribution is 6.32. The second kappa shape index (κ2) is 10.4. The Labute approximate surface area is 191 Å². The number of hydrogen-bond acceptors (Lipinski definition) is 5. The molecule has 7 heteroatoms. The van der Waals surface area contributed by atoms with E-state index in [1.165, 1.54) is 0 Å². The lowest BCUT2D eigenvalue weighted by molar-refractivity contribution is -0.117. The Morgan fingerprint density at radius 2 is 1.84 bits per heavy atom. The molecule has 1 aromatic carbocycles. The van der Waals surface area contributed by atoms with Gasteiger partial charge >= 0.3 is 0 Å². The molecule has 0 saturated carbocycles. The third kappa shape index (κ3) is 5.74. The molecule has 1 saturated heterocycles. The first-order chi connectivity index (χ1) is 14.8. The highest BCUT2D eigenvalue weighted by atomic mass is 35.5. The van der Waals surface area contributed by atoms with Crippen LogP contribution in [-0.4, -0.2) is 53.5 Å². The lowest BCUT2D eigenvalue weighted by Crippen LogP contribution is -2.49. The van der Waals surface area contributed by atoms with Crippen LogP contribution in [0.15, 0.2) is 18.2 Å². The van der Waals surface area contributed by atoms with E-state index in [0.29, 0.717) is 17.5 Å². The van der Waals surface area contributed by atoms with Crippen LogP contribution in [0, 0.1) is 6.92 Å². The third-order valence-electron chi connectivity index (χ3n) is 5.78. The third-order valence-corrected chi connectivity index (χ3v) is 6.13. The van der Waals surface area contributed by atoms with Crippen molar-refractivity contribution in [1.82, 2.24) is 14.9 Å². The molecule has 0 bridgehead atoms. The zero-order valence-electron chi connectivity index (χ0n) is 19.3. The van der Waals surface area contributed by atoms with Gasteiger partial charge in [-0.05, 0) is 37.0 Å². The van der Waals surface area contributed by atoms with Gasteiger partial charge in [-0.3, -0.25) is 9.69 Å². The lowest BCUT2D eigenvalue weighted by atomic mass is 10.0. The number of halogens is 1. The number of aromatic nitrogens is 2. The molecule has 31 heavy (non-hydrogen) atoms. The molecule has 2 heterocycles. The summed E-state index contributed by atoms with van der Waals surface area (Å²) in [5.74, 6) is 2.19. The monoisotopic (exact) mass is 443 g/mol. The summed E-state index contributed by atoms with van der Waals surface area (Å²) >= 11 is 6.37. The Hall–Kier alpha value is -2.18. The van der Waals surface area contributed by atoms with E-state index in [4.69, 9.17) is 16.6 Å². The van der Waals surface area contributed by atoms with Crippen molar-refractivity contribution in [1.29, 1.82) is 0 Å². The van der Waals surface area contributed by atoms with Crippen molar-refractivity contribution in [2.45, 2.75) is 53.4 Å². The van der Waals surface area contributed by atoms with Gasteiger partial charge in [0.2, 0.25) is 5.91 Å². The molecule has 0 atom stereocenters. The van der Waals surface area contributed by atoms with Crippen LogP contribution in [-0.2, 0) is 17.6 Å². The van der Waals surface area contributed by atoms with Gasteiger partial charge in [-0.1, -0.05) is 45.4 Å². The summed E-state index contributed by atoms with van der Waals surface area (Å²) in [6.07, 6.45) is 1.65. The number of amides is 1. The van der Waals surface area contributed by atoms with Gasteiger partial charge in [-0.15, -0.1) is 0 Å². The first kappa shape index (κ1) is 23.5. The Morgan fingerprint density at radius 1 is 1.13 bits per heavy atom. The molecular formula is C24H34ClN5O. The summed E-state index contributed by atoms with van der Waals surface area (Å²) < 4.78 is 0. The van der Waals surface area contributed by atoms with E-state index in [0.717, 1.165) is 73.2 Å². The normalized spacial score (nSPS) is 14.9. The van der Waals surface area contributed by atoms with E-state index in [1.807, 2.05) is 25.1 Å². The molecular weight excluding hydrogens is 410 g/mol. The topological polar surface area (TPSA) is 61.4 Å². The van der Waals surface area contributed by atoms with E-state index in [-0.39, 0.29) is 5.91 Å². The van der Waals surface area contributed by atoms with Gasteiger partial charge in [0.15, 0.2) is 0 Å². The van der Waals surface area contributed by atoms with Gasteiger partial charge in [0, 0.05) is 54.6 Å². The standard InChI is InChI=1S/C24H34ClN5O/c1-6-18-8-9-20(25)19(7-2)23(18)28-22(31)15-29-10-12-30(13-11-29)21-14-17(5)26-24(27-21)16(3)4/h8-9,14,16H,6-7,10-13,15H2,1-5H3,(H,28,31). The Bertz CT molecular complexity index is 922. The average Bonchev–Trinajstić information content (AvgIpc) is 2.74. The Balaban J connectivity index is 1.61. The molecule has 3 rings (SSSR count). The Morgan fingerprint density at radius 3 is 2.45 bits per heavy atom. The second-order valence-electron chi connectivity index (χ2n) is 8.46. The average molecular weight is 444 g/mol. The maximum absolute atomic E-state index is 12.8. The maximum Gasteiger partial charge on any atom is 0.238 e. The minimum absolute atomic E-state index is 0.0140. The number of piperazine rings is 1. The minimum Gasteiger partial charge on any atom is -0.354 e. The van der Waals surface area contributed by atoms with Gasteiger partial charge < -0.3 is 10.2 Å². The molecule has 168 valence electrons. The number of carbonyl (C=O) groups is 1. The van der Waals surface area contributed by atoms with Gasteiger partial charge in [-0.25, -0.2) is 9.97 Å². The number of nitrogens with zero attached hydrogens (tertiary/aromatic N) is 4. The number of carbonyl (C=O) groups excluding carboxylic acids is 1. The lowest BCUT2D eigenvalue weighted by Gasteiger charge is -2.35. The summed E-state index contributed by atoms with van der Waals surface area (Å²) in [5, 5.41) is 3.85. The van der Waals surface area contributed by atoms with Crippen LogP contribution < -0.4 is 10.2 Å². The summed E-state index contributed by atoms with van der Waals surface area (Å²) in [6.45, 7) is 14.1. The van der Waals surface area contributed by atoms with E-state index in [1.54, 1.807) is 0 Å². The highest BCUT2D eigenvalue weighted by Gasteiger charge is 2.22. The number of nitrogens with one attached hydrogen (secondary N) is 1. The van der Waals surface area contributed by atoms with Crippen molar-refractivity contribution in [3.05, 3.63) is 45.9 Å². The van der Waals surface area contributed by atoms with Crippen molar-refractivity contribution >= 4 is 29.0 Å². The Kier molecular flexibility index (Phi) is 7.89. The zero-order valence-corrected chi connectivity index (χ0v) is 20.1. The van der Waals surface area contributed by atoms with Gasteiger partial charge in [0.05, 0.1) is 6.54 Å². The van der Waals surface area contributed by atoms with Gasteiger partial charge in [-0.2, -0.15) is 0 Å². The van der Waals surface area contributed by atoms with E-state index < -0.39 is 0 Å². The smallest absolute Gasteiger partial charge is 0.238 e. The van der Waals surface area contributed by atoms with Gasteiger partial charge in [0.1, 0.15) is 11.6 Å². The number of hydrogen-bond donors (Lipinski definition) is 1. The molecule has 0 radical (unpaired) electrons. The fourth-order valence-electron chi connectivity index (χ4n) is 3.98. The minimum atomic E-state index is 0.0140. The molecule has 6 nitrogen and oxygen atoms in total. The SMILES string of the molecule is CCc1ccc(Cl)c(CC)c1NC(=O)CN1CCN(c2cc(C)nc(C(C)C)n2)CC1. The van der Waals surface area contributed by atoms with Crippen LogP contribution in [0.2, 0.25) is 5.02 Å². The van der Waals surface area contributed by atoms with Crippen LogP contribution >= 0.6 is 11.6 Å². The largest absolute Gasteiger partial charge is 0.354 e. The zero-order chi connectivity index (χ0) is 22.5. The van der Waals surface area contributed by atoms with E-state index in [9.17, 15) is 4.79 Å². The molecule has 1 fully saturated rings. The first-order valence-electron chi connectivity index (χ1n) is 11.2. The predicted molar refractivity (Wildman–Crippen MR) is 128 cm³/mol. The molecule has 1 aliphatic heterocycles. The van der Waals surface area contributed by atoms with E-state index >= 15 is 0 Å². The quantitative estimate of drug-likeness (QED) is 0.685. The van der Waals surface area contributed by atoms with Crippen LogP contribution in [0.25, 0.3) is 0 Å². The first-order valence-corrected chi connectivity index (χ1v) is 11.6. The van der Waals surface area contributed by atoms with Crippen molar-refractivity contribution in [3.8, 4) is 0 Å². The fourth-order valence-corrected chi connectivity index (χ4v) is 4.27. The van der Waals surface area contributed by atoms with Crippen molar-refractivity contribution in [2.75, 3.05) is 42.9 Å².